The van der Waals surface area contributed by atoms with E-state index >= 15 is 0 Å². The fraction of sp³-hybridized carbons (Fsp3) is 0.350. The molecule has 2 aliphatic rings. The first-order chi connectivity index (χ1) is 13.8. The smallest absolute Gasteiger partial charge is 0.276 e. The second kappa shape index (κ2) is 7.03. The van der Waals surface area contributed by atoms with Crippen LogP contribution in [0, 0.1) is 0 Å². The van der Waals surface area contributed by atoms with E-state index in [2.05, 4.69) is 31.3 Å². The summed E-state index contributed by atoms with van der Waals surface area (Å²) in [5, 5.41) is 12.7. The minimum atomic E-state index is -0.112. The molecule has 3 aromatic heterocycles. The lowest BCUT2D eigenvalue weighted by Gasteiger charge is -2.34. The van der Waals surface area contributed by atoms with Crippen LogP contribution in [-0.2, 0) is 12.8 Å². The fourth-order valence-electron chi connectivity index (χ4n) is 3.79. The number of aryl methyl sites for hydroxylation is 2. The molecule has 1 fully saturated rings. The van der Waals surface area contributed by atoms with Crippen LogP contribution in [0.4, 0.5) is 5.82 Å². The van der Waals surface area contributed by atoms with Gasteiger partial charge in [0.25, 0.3) is 5.91 Å². The summed E-state index contributed by atoms with van der Waals surface area (Å²) in [6, 6.07) is 7.53. The summed E-state index contributed by atoms with van der Waals surface area (Å²) in [7, 11) is 0. The molecule has 1 saturated heterocycles. The largest absolute Gasteiger partial charge is 0.355 e. The number of carbonyl (C=O) groups excluding carboxylic acids is 1. The first-order valence-electron chi connectivity index (χ1n) is 9.55. The predicted octanol–water partition coefficient (Wildman–Crippen LogP) is 1.98. The number of carbonyl (C=O) groups is 1. The van der Waals surface area contributed by atoms with Crippen LogP contribution >= 0.6 is 0 Å². The van der Waals surface area contributed by atoms with Gasteiger partial charge in [-0.3, -0.25) is 9.78 Å². The summed E-state index contributed by atoms with van der Waals surface area (Å²) < 4.78 is 5.33. The molecule has 1 amide bonds. The monoisotopic (exact) mass is 376 g/mol. The number of fused-ring (bicyclic) bond motifs is 1. The summed E-state index contributed by atoms with van der Waals surface area (Å²) >= 11 is 0. The second-order valence-electron chi connectivity index (χ2n) is 7.13. The maximum atomic E-state index is 12.8. The number of hydrogen-bond donors (Lipinski definition) is 0. The Hall–Kier alpha value is -3.29. The minimum Gasteiger partial charge on any atom is -0.355 e. The molecule has 0 saturated carbocycles. The van der Waals surface area contributed by atoms with Crippen LogP contribution in [0.3, 0.4) is 0 Å². The van der Waals surface area contributed by atoms with Crippen LogP contribution in [0.25, 0.3) is 11.3 Å². The van der Waals surface area contributed by atoms with Crippen LogP contribution in [-0.4, -0.2) is 57.3 Å². The number of amides is 1. The first kappa shape index (κ1) is 16.9. The zero-order valence-corrected chi connectivity index (χ0v) is 15.4. The molecular weight excluding hydrogens is 356 g/mol. The lowest BCUT2D eigenvalue weighted by molar-refractivity contribution is 0.0736. The van der Waals surface area contributed by atoms with Gasteiger partial charge >= 0.3 is 0 Å². The van der Waals surface area contributed by atoms with E-state index in [0.29, 0.717) is 24.5 Å². The molecule has 0 spiro atoms. The lowest BCUT2D eigenvalue weighted by Crippen LogP contribution is -2.49. The van der Waals surface area contributed by atoms with Gasteiger partial charge in [-0.15, -0.1) is 5.10 Å². The zero-order chi connectivity index (χ0) is 18.9. The molecule has 0 unspecified atom stereocenters. The van der Waals surface area contributed by atoms with Gasteiger partial charge < -0.3 is 14.3 Å². The summed E-state index contributed by atoms with van der Waals surface area (Å²) in [4.78, 5) is 20.8. The molecule has 3 aromatic rings. The van der Waals surface area contributed by atoms with Crippen molar-refractivity contribution in [3.63, 3.8) is 0 Å². The Kier molecular flexibility index (Phi) is 4.23. The van der Waals surface area contributed by atoms with E-state index in [4.69, 9.17) is 4.52 Å². The van der Waals surface area contributed by atoms with Crippen LogP contribution in [0.2, 0.25) is 0 Å². The Morgan fingerprint density at radius 1 is 1.07 bits per heavy atom. The summed E-state index contributed by atoms with van der Waals surface area (Å²) in [5.74, 6) is 1.34. The van der Waals surface area contributed by atoms with Gasteiger partial charge in [-0.2, -0.15) is 5.10 Å². The molecule has 4 heterocycles. The SMILES string of the molecule is O=C(c1cc(-c2cccnc2)on1)N1CCN(c2cc3c(nn2)CCC3)CC1. The molecule has 0 aromatic carbocycles. The Morgan fingerprint density at radius 3 is 2.79 bits per heavy atom. The first-order valence-corrected chi connectivity index (χ1v) is 9.55. The van der Waals surface area contributed by atoms with Crippen LogP contribution < -0.4 is 4.90 Å². The maximum Gasteiger partial charge on any atom is 0.276 e. The standard InChI is InChI=1S/C20H20N6O2/c27-20(17-12-18(28-24-17)15-4-2-6-21-13-15)26-9-7-25(8-10-26)19-11-14-3-1-5-16(14)22-23-19/h2,4,6,11-13H,1,3,5,7-10H2. The fourth-order valence-corrected chi connectivity index (χ4v) is 3.79. The quantitative estimate of drug-likeness (QED) is 0.690. The maximum absolute atomic E-state index is 12.8. The van der Waals surface area contributed by atoms with E-state index in [1.54, 1.807) is 18.5 Å². The van der Waals surface area contributed by atoms with Gasteiger partial charge in [0.05, 0.1) is 5.69 Å². The van der Waals surface area contributed by atoms with Gasteiger partial charge in [0.15, 0.2) is 17.3 Å². The highest BCUT2D eigenvalue weighted by molar-refractivity contribution is 5.93. The van der Waals surface area contributed by atoms with Crippen molar-refractivity contribution in [1.29, 1.82) is 0 Å². The van der Waals surface area contributed by atoms with Gasteiger partial charge in [0, 0.05) is 50.2 Å². The molecule has 8 heteroatoms. The molecule has 0 bridgehead atoms. The highest BCUT2D eigenvalue weighted by atomic mass is 16.5. The zero-order valence-electron chi connectivity index (χ0n) is 15.4. The van der Waals surface area contributed by atoms with E-state index in [1.165, 1.54) is 5.56 Å². The van der Waals surface area contributed by atoms with Crippen molar-refractivity contribution in [2.45, 2.75) is 19.3 Å². The number of aromatic nitrogens is 4. The van der Waals surface area contributed by atoms with E-state index in [1.807, 2.05) is 17.0 Å². The second-order valence-corrected chi connectivity index (χ2v) is 7.13. The van der Waals surface area contributed by atoms with E-state index in [9.17, 15) is 4.79 Å². The summed E-state index contributed by atoms with van der Waals surface area (Å²) in [6.45, 7) is 2.69. The van der Waals surface area contributed by atoms with Crippen molar-refractivity contribution in [3.05, 3.63) is 53.6 Å². The summed E-state index contributed by atoms with van der Waals surface area (Å²) in [6.07, 6.45) is 6.65. The highest BCUT2D eigenvalue weighted by Crippen LogP contribution is 2.24. The van der Waals surface area contributed by atoms with Crippen molar-refractivity contribution in [1.82, 2.24) is 25.2 Å². The molecule has 8 nitrogen and oxygen atoms in total. The third-order valence-electron chi connectivity index (χ3n) is 5.37. The molecule has 0 radical (unpaired) electrons. The van der Waals surface area contributed by atoms with Gasteiger partial charge in [-0.1, -0.05) is 5.16 Å². The van der Waals surface area contributed by atoms with Crippen LogP contribution in [0.1, 0.15) is 28.2 Å². The van der Waals surface area contributed by atoms with Gasteiger partial charge in [0.2, 0.25) is 0 Å². The minimum absolute atomic E-state index is 0.112. The Morgan fingerprint density at radius 2 is 1.96 bits per heavy atom. The Balaban J connectivity index is 1.24. The molecule has 1 aliphatic heterocycles. The Labute approximate surface area is 162 Å². The van der Waals surface area contributed by atoms with Gasteiger partial charge in [0.1, 0.15) is 0 Å². The number of nitrogens with zero attached hydrogens (tertiary/aromatic N) is 6. The predicted molar refractivity (Wildman–Crippen MR) is 102 cm³/mol. The molecule has 5 rings (SSSR count). The third-order valence-corrected chi connectivity index (χ3v) is 5.37. The Bertz CT molecular complexity index is 995. The number of hydrogen-bond acceptors (Lipinski definition) is 7. The number of pyridine rings is 1. The molecule has 28 heavy (non-hydrogen) atoms. The number of rotatable bonds is 3. The molecule has 1 aliphatic carbocycles. The van der Waals surface area contributed by atoms with Gasteiger partial charge in [-0.25, -0.2) is 0 Å². The molecular formula is C20H20N6O2. The topological polar surface area (TPSA) is 88.3 Å². The lowest BCUT2D eigenvalue weighted by atomic mass is 10.2. The highest BCUT2D eigenvalue weighted by Gasteiger charge is 2.26. The number of anilines is 1. The van der Waals surface area contributed by atoms with Crippen molar-refractivity contribution in [3.8, 4) is 11.3 Å². The van der Waals surface area contributed by atoms with E-state index < -0.39 is 0 Å². The molecule has 142 valence electrons. The average molecular weight is 376 g/mol. The normalized spacial score (nSPS) is 16.3. The molecule has 0 atom stereocenters. The van der Waals surface area contributed by atoms with Crippen LogP contribution in [0.5, 0.6) is 0 Å². The van der Waals surface area contributed by atoms with Crippen molar-refractivity contribution in [2.75, 3.05) is 31.1 Å². The van der Waals surface area contributed by atoms with Crippen molar-refractivity contribution in [2.24, 2.45) is 0 Å². The summed E-state index contributed by atoms with van der Waals surface area (Å²) in [5.41, 5.74) is 3.57. The van der Waals surface area contributed by atoms with Gasteiger partial charge in [-0.05, 0) is 43.0 Å². The third kappa shape index (κ3) is 3.11. The van der Waals surface area contributed by atoms with Crippen molar-refractivity contribution >= 4 is 11.7 Å². The van der Waals surface area contributed by atoms with Crippen molar-refractivity contribution < 1.29 is 9.32 Å². The number of piperazine rings is 1. The van der Waals surface area contributed by atoms with E-state index in [0.717, 1.165) is 49.4 Å². The van der Waals surface area contributed by atoms with E-state index in [-0.39, 0.29) is 5.91 Å². The molecule has 0 N–H and O–H groups in total. The average Bonchev–Trinajstić information content (AvgIpc) is 3.43. The van der Waals surface area contributed by atoms with Crippen LogP contribution in [0.15, 0.2) is 41.2 Å².